The first-order valence-corrected chi connectivity index (χ1v) is 10.9. The molecule has 1 fully saturated rings. The Morgan fingerprint density at radius 2 is 1.93 bits per heavy atom. The molecule has 1 saturated carbocycles. The number of hydrogen-bond acceptors (Lipinski definition) is 3. The van der Waals surface area contributed by atoms with E-state index in [4.69, 9.17) is 0 Å². The molecule has 0 N–H and O–H groups in total. The second kappa shape index (κ2) is 8.52. The van der Waals surface area contributed by atoms with Gasteiger partial charge in [0, 0.05) is 5.41 Å². The SMILES string of the molecule is CCCC(C)[C@@H]1CCCC[C@]1(c1cccc2c1=NC(=C=O)N=2)C(C)CCC. The summed E-state index contributed by atoms with van der Waals surface area (Å²) in [6.45, 7) is 9.49. The van der Waals surface area contributed by atoms with Crippen molar-refractivity contribution in [2.45, 2.75) is 84.5 Å². The van der Waals surface area contributed by atoms with Crippen LogP contribution in [0, 0.1) is 17.8 Å². The fourth-order valence-corrected chi connectivity index (χ4v) is 5.98. The predicted octanol–water partition coefficient (Wildman–Crippen LogP) is 4.91. The third-order valence-corrected chi connectivity index (χ3v) is 7.10. The van der Waals surface area contributed by atoms with Crippen LogP contribution in [0.2, 0.25) is 0 Å². The minimum Gasteiger partial charge on any atom is -0.229 e. The molecule has 2 aliphatic rings. The summed E-state index contributed by atoms with van der Waals surface area (Å²) < 4.78 is 0. The van der Waals surface area contributed by atoms with Crippen molar-refractivity contribution >= 4 is 5.94 Å². The minimum atomic E-state index is 0.131. The van der Waals surface area contributed by atoms with Crippen molar-refractivity contribution in [3.05, 3.63) is 40.3 Å². The van der Waals surface area contributed by atoms with Gasteiger partial charge in [0.15, 0.2) is 5.94 Å². The molecule has 0 aromatic heterocycles. The summed E-state index contributed by atoms with van der Waals surface area (Å²) in [4.78, 5) is 20.2. The Hall–Kier alpha value is -1.73. The summed E-state index contributed by atoms with van der Waals surface area (Å²) in [5.41, 5.74) is 1.47. The Bertz CT molecular complexity index is 836. The first kappa shape index (κ1) is 20.0. The Morgan fingerprint density at radius 3 is 2.63 bits per heavy atom. The standard InChI is InChI=1S/C24H34N2O/c1-5-10-17(3)19-12-7-8-15-24(19,18(4)11-6-2)20-13-9-14-21-23(20)26-22(16-27)25-21/h9,13-14,17-19H,5-8,10-12,15H2,1-4H3/t17?,18?,19-,24-/m0/s1. The molecule has 0 bridgehead atoms. The predicted molar refractivity (Wildman–Crippen MR) is 110 cm³/mol. The van der Waals surface area contributed by atoms with Gasteiger partial charge in [0.1, 0.15) is 0 Å². The van der Waals surface area contributed by atoms with Crippen molar-refractivity contribution in [3.8, 4) is 0 Å². The molecule has 0 radical (unpaired) electrons. The maximum atomic E-state index is 11.2. The largest absolute Gasteiger partial charge is 0.240 e. The minimum absolute atomic E-state index is 0.131. The van der Waals surface area contributed by atoms with Gasteiger partial charge in [0.2, 0.25) is 5.82 Å². The lowest BCUT2D eigenvalue weighted by Gasteiger charge is -2.51. The van der Waals surface area contributed by atoms with E-state index < -0.39 is 0 Å². The number of nitrogens with zero attached hydrogens (tertiary/aromatic N) is 2. The van der Waals surface area contributed by atoms with Gasteiger partial charge in [-0.3, -0.25) is 0 Å². The molecule has 1 aliphatic heterocycles. The van der Waals surface area contributed by atoms with E-state index in [1.54, 1.807) is 0 Å². The number of hydrogen-bond donors (Lipinski definition) is 0. The Kier molecular flexibility index (Phi) is 6.32. The first-order valence-electron chi connectivity index (χ1n) is 10.9. The van der Waals surface area contributed by atoms with Gasteiger partial charge in [-0.05, 0) is 42.2 Å². The molecule has 1 aliphatic carbocycles. The van der Waals surface area contributed by atoms with Gasteiger partial charge in [-0.15, -0.1) is 0 Å². The maximum absolute atomic E-state index is 11.2. The van der Waals surface area contributed by atoms with Crippen LogP contribution in [0.4, 0.5) is 0 Å². The second-order valence-corrected chi connectivity index (χ2v) is 8.67. The second-order valence-electron chi connectivity index (χ2n) is 8.67. The van der Waals surface area contributed by atoms with E-state index in [2.05, 4.69) is 49.8 Å². The zero-order valence-corrected chi connectivity index (χ0v) is 17.4. The fourth-order valence-electron chi connectivity index (χ4n) is 5.98. The Labute approximate surface area is 163 Å². The summed E-state index contributed by atoms with van der Waals surface area (Å²) in [5.74, 6) is 4.05. The van der Waals surface area contributed by atoms with Crippen molar-refractivity contribution < 1.29 is 4.79 Å². The molecule has 3 rings (SSSR count). The number of fused-ring (bicyclic) bond motifs is 1. The molecular formula is C24H34N2O. The summed E-state index contributed by atoms with van der Waals surface area (Å²) in [5, 5.41) is 1.79. The molecule has 1 heterocycles. The van der Waals surface area contributed by atoms with Gasteiger partial charge in [-0.25, -0.2) is 14.8 Å². The van der Waals surface area contributed by atoms with Gasteiger partial charge >= 0.3 is 0 Å². The summed E-state index contributed by atoms with van der Waals surface area (Å²) in [6.07, 6.45) is 10.1. The molecule has 0 saturated heterocycles. The molecular weight excluding hydrogens is 332 g/mol. The number of carbonyl (C=O) groups excluding carboxylic acids is 1. The zero-order chi connectivity index (χ0) is 19.4. The monoisotopic (exact) mass is 366 g/mol. The quantitative estimate of drug-likeness (QED) is 0.632. The van der Waals surface area contributed by atoms with Gasteiger partial charge in [-0.1, -0.05) is 78.4 Å². The molecule has 3 heteroatoms. The number of benzene rings is 1. The molecule has 3 nitrogen and oxygen atoms in total. The van der Waals surface area contributed by atoms with Crippen molar-refractivity contribution in [2.24, 2.45) is 27.7 Å². The highest BCUT2D eigenvalue weighted by Crippen LogP contribution is 2.52. The highest BCUT2D eigenvalue weighted by atomic mass is 16.1. The van der Waals surface area contributed by atoms with Gasteiger partial charge in [-0.2, -0.15) is 0 Å². The van der Waals surface area contributed by atoms with Crippen LogP contribution >= 0.6 is 0 Å². The summed E-state index contributed by atoms with van der Waals surface area (Å²) in [6, 6.07) is 6.37. The molecule has 4 atom stereocenters. The van der Waals surface area contributed by atoms with E-state index in [-0.39, 0.29) is 11.2 Å². The average molecular weight is 367 g/mol. The highest BCUT2D eigenvalue weighted by Gasteiger charge is 2.48. The summed E-state index contributed by atoms with van der Waals surface area (Å²) in [7, 11) is 0. The smallest absolute Gasteiger partial charge is 0.229 e. The van der Waals surface area contributed by atoms with E-state index in [0.29, 0.717) is 17.8 Å². The van der Waals surface area contributed by atoms with Crippen molar-refractivity contribution in [2.75, 3.05) is 0 Å². The van der Waals surface area contributed by atoms with E-state index in [0.717, 1.165) is 10.7 Å². The van der Waals surface area contributed by atoms with Crippen LogP contribution in [0.15, 0.2) is 34.0 Å². The Morgan fingerprint density at radius 1 is 1.15 bits per heavy atom. The lowest BCUT2D eigenvalue weighted by atomic mass is 9.53. The van der Waals surface area contributed by atoms with E-state index in [1.165, 1.54) is 56.9 Å². The van der Waals surface area contributed by atoms with Crippen LogP contribution in [-0.2, 0) is 10.2 Å². The summed E-state index contributed by atoms with van der Waals surface area (Å²) >= 11 is 0. The van der Waals surface area contributed by atoms with Gasteiger partial charge < -0.3 is 0 Å². The zero-order valence-electron chi connectivity index (χ0n) is 17.4. The van der Waals surface area contributed by atoms with Crippen LogP contribution in [0.3, 0.4) is 0 Å². The maximum Gasteiger partial charge on any atom is 0.240 e. The molecule has 0 spiro atoms. The van der Waals surface area contributed by atoms with E-state index in [1.807, 2.05) is 12.0 Å². The molecule has 27 heavy (non-hydrogen) atoms. The third kappa shape index (κ3) is 3.55. The number of para-hydroxylation sites is 1. The topological polar surface area (TPSA) is 41.8 Å². The lowest BCUT2D eigenvalue weighted by molar-refractivity contribution is 0.0664. The molecule has 2 unspecified atom stereocenters. The Balaban J connectivity index is 2.23. The van der Waals surface area contributed by atoms with E-state index >= 15 is 0 Å². The van der Waals surface area contributed by atoms with Crippen molar-refractivity contribution in [1.29, 1.82) is 0 Å². The molecule has 146 valence electrons. The van der Waals surface area contributed by atoms with Crippen LogP contribution in [-0.4, -0.2) is 5.94 Å². The average Bonchev–Trinajstić information content (AvgIpc) is 3.11. The first-order chi connectivity index (χ1) is 13.1. The van der Waals surface area contributed by atoms with Crippen molar-refractivity contribution in [3.63, 3.8) is 0 Å². The normalized spacial score (nSPS) is 26.5. The molecule has 0 amide bonds. The fraction of sp³-hybridized carbons (Fsp3) is 0.667. The lowest BCUT2D eigenvalue weighted by Crippen LogP contribution is -2.50. The van der Waals surface area contributed by atoms with Crippen LogP contribution in [0.1, 0.15) is 84.6 Å². The van der Waals surface area contributed by atoms with E-state index in [9.17, 15) is 4.79 Å². The van der Waals surface area contributed by atoms with Gasteiger partial charge in [0.05, 0.1) is 10.7 Å². The number of rotatable bonds is 7. The van der Waals surface area contributed by atoms with Crippen molar-refractivity contribution in [1.82, 2.24) is 0 Å². The molecule has 1 aromatic rings. The third-order valence-electron chi connectivity index (χ3n) is 7.10. The van der Waals surface area contributed by atoms with Crippen LogP contribution in [0.5, 0.6) is 0 Å². The van der Waals surface area contributed by atoms with Crippen LogP contribution < -0.4 is 10.7 Å². The van der Waals surface area contributed by atoms with Crippen LogP contribution in [0.25, 0.3) is 0 Å². The highest BCUT2D eigenvalue weighted by molar-refractivity contribution is 5.52. The van der Waals surface area contributed by atoms with Gasteiger partial charge in [0.25, 0.3) is 0 Å². The molecule has 1 aromatic carbocycles.